The summed E-state index contributed by atoms with van der Waals surface area (Å²) in [5.41, 5.74) is 0.121. The molecule has 0 spiro atoms. The van der Waals surface area contributed by atoms with Crippen LogP contribution in [-0.4, -0.2) is 16.1 Å². The first-order valence-corrected chi connectivity index (χ1v) is 4.98. The fourth-order valence-corrected chi connectivity index (χ4v) is 1.86. The molecule has 0 aliphatic carbocycles. The van der Waals surface area contributed by atoms with Gasteiger partial charge in [0.15, 0.2) is 17.8 Å². The van der Waals surface area contributed by atoms with Crippen molar-refractivity contribution in [2.24, 2.45) is 0 Å². The number of carbonyl (C=O) groups is 1. The standard InChI is InChI=1S/C10H5Cl2NO3/c11-5-2-1-3-6(12)7(5)9-8(10(14)15)13-4-16-9/h1-4H,(H,14,15). The summed E-state index contributed by atoms with van der Waals surface area (Å²) in [6, 6.07) is 4.85. The van der Waals surface area contributed by atoms with Gasteiger partial charge in [-0.2, -0.15) is 0 Å². The summed E-state index contributed by atoms with van der Waals surface area (Å²) in [5, 5.41) is 9.51. The Kier molecular flexibility index (Phi) is 2.85. The monoisotopic (exact) mass is 257 g/mol. The van der Waals surface area contributed by atoms with Crippen LogP contribution >= 0.6 is 23.2 Å². The molecule has 0 bridgehead atoms. The van der Waals surface area contributed by atoms with Gasteiger partial charge in [0.05, 0.1) is 15.6 Å². The first-order valence-electron chi connectivity index (χ1n) is 4.22. The van der Waals surface area contributed by atoms with Gasteiger partial charge in [-0.1, -0.05) is 29.3 Å². The van der Waals surface area contributed by atoms with E-state index in [9.17, 15) is 4.79 Å². The lowest BCUT2D eigenvalue weighted by Gasteiger charge is -2.03. The molecule has 0 unspecified atom stereocenters. The molecule has 2 rings (SSSR count). The van der Waals surface area contributed by atoms with Gasteiger partial charge in [-0.05, 0) is 12.1 Å². The zero-order valence-electron chi connectivity index (χ0n) is 7.78. The zero-order valence-corrected chi connectivity index (χ0v) is 9.29. The third-order valence-corrected chi connectivity index (χ3v) is 2.59. The van der Waals surface area contributed by atoms with Crippen molar-refractivity contribution in [2.75, 3.05) is 0 Å². The second-order valence-corrected chi connectivity index (χ2v) is 3.75. The van der Waals surface area contributed by atoms with Crippen molar-refractivity contribution < 1.29 is 14.3 Å². The van der Waals surface area contributed by atoms with Crippen LogP contribution in [0.4, 0.5) is 0 Å². The Morgan fingerprint density at radius 1 is 1.31 bits per heavy atom. The molecule has 0 saturated carbocycles. The van der Waals surface area contributed by atoms with E-state index in [0.717, 1.165) is 6.39 Å². The molecule has 16 heavy (non-hydrogen) atoms. The van der Waals surface area contributed by atoms with Gasteiger partial charge in [0.1, 0.15) is 0 Å². The predicted octanol–water partition coefficient (Wildman–Crippen LogP) is 3.35. The molecule has 0 saturated heterocycles. The summed E-state index contributed by atoms with van der Waals surface area (Å²) in [5.74, 6) is -1.14. The minimum atomic E-state index is -1.19. The number of carboxylic acid groups (broad SMARTS) is 1. The summed E-state index contributed by atoms with van der Waals surface area (Å²) in [6.07, 6.45) is 1.04. The molecule has 0 amide bonds. The second-order valence-electron chi connectivity index (χ2n) is 2.93. The SMILES string of the molecule is O=C(O)c1ncoc1-c1c(Cl)cccc1Cl. The number of hydrogen-bond donors (Lipinski definition) is 1. The molecule has 0 aliphatic rings. The summed E-state index contributed by atoms with van der Waals surface area (Å²) < 4.78 is 5.01. The molecule has 4 nitrogen and oxygen atoms in total. The number of halogens is 2. The van der Waals surface area contributed by atoms with Crippen LogP contribution in [-0.2, 0) is 0 Å². The molecule has 6 heteroatoms. The summed E-state index contributed by atoms with van der Waals surface area (Å²) in [6.45, 7) is 0. The fourth-order valence-electron chi connectivity index (χ4n) is 1.29. The number of rotatable bonds is 2. The van der Waals surface area contributed by atoms with Crippen molar-refractivity contribution in [1.82, 2.24) is 4.98 Å². The quantitative estimate of drug-likeness (QED) is 0.897. The highest BCUT2D eigenvalue weighted by atomic mass is 35.5. The molecule has 1 aromatic carbocycles. The van der Waals surface area contributed by atoms with Crippen LogP contribution in [0.3, 0.4) is 0 Å². The van der Waals surface area contributed by atoms with Crippen LogP contribution in [0.25, 0.3) is 11.3 Å². The topological polar surface area (TPSA) is 63.3 Å². The smallest absolute Gasteiger partial charge is 0.358 e. The Labute approximate surface area is 100 Å². The molecule has 1 heterocycles. The van der Waals surface area contributed by atoms with E-state index in [2.05, 4.69) is 4.98 Å². The van der Waals surface area contributed by atoms with E-state index in [0.29, 0.717) is 15.6 Å². The summed E-state index contributed by atoms with van der Waals surface area (Å²) in [7, 11) is 0. The maximum atomic E-state index is 10.9. The van der Waals surface area contributed by atoms with Gasteiger partial charge in [-0.3, -0.25) is 0 Å². The van der Waals surface area contributed by atoms with E-state index in [1.807, 2.05) is 0 Å². The van der Waals surface area contributed by atoms with Crippen LogP contribution in [0, 0.1) is 0 Å². The second kappa shape index (κ2) is 4.15. The number of oxazole rings is 1. The molecular formula is C10H5Cl2NO3. The van der Waals surface area contributed by atoms with E-state index in [-0.39, 0.29) is 11.5 Å². The number of hydrogen-bond acceptors (Lipinski definition) is 3. The van der Waals surface area contributed by atoms with E-state index in [1.165, 1.54) is 0 Å². The van der Waals surface area contributed by atoms with E-state index < -0.39 is 5.97 Å². The van der Waals surface area contributed by atoms with Crippen molar-refractivity contribution in [3.8, 4) is 11.3 Å². The molecule has 0 aliphatic heterocycles. The van der Waals surface area contributed by atoms with Crippen molar-refractivity contribution in [3.05, 3.63) is 40.3 Å². The van der Waals surface area contributed by atoms with Gasteiger partial charge in [-0.15, -0.1) is 0 Å². The van der Waals surface area contributed by atoms with Crippen molar-refractivity contribution >= 4 is 29.2 Å². The van der Waals surface area contributed by atoms with Crippen LogP contribution in [0.5, 0.6) is 0 Å². The van der Waals surface area contributed by atoms with Gasteiger partial charge < -0.3 is 9.52 Å². The molecule has 82 valence electrons. The Morgan fingerprint density at radius 3 is 2.50 bits per heavy atom. The summed E-state index contributed by atoms with van der Waals surface area (Å²) >= 11 is 11.9. The molecule has 0 fully saturated rings. The molecule has 1 N–H and O–H groups in total. The predicted molar refractivity (Wildman–Crippen MR) is 58.9 cm³/mol. The normalized spacial score (nSPS) is 10.4. The highest BCUT2D eigenvalue weighted by molar-refractivity contribution is 6.39. The Hall–Kier alpha value is -1.52. The first kappa shape index (κ1) is 11.0. The average molecular weight is 258 g/mol. The van der Waals surface area contributed by atoms with E-state index in [1.54, 1.807) is 18.2 Å². The maximum Gasteiger partial charge on any atom is 0.358 e. The minimum Gasteiger partial charge on any atom is -0.476 e. The number of benzene rings is 1. The minimum absolute atomic E-state index is 0.0584. The van der Waals surface area contributed by atoms with Crippen molar-refractivity contribution in [3.63, 3.8) is 0 Å². The molecule has 1 aromatic heterocycles. The third kappa shape index (κ3) is 1.77. The van der Waals surface area contributed by atoms with Gasteiger partial charge >= 0.3 is 5.97 Å². The van der Waals surface area contributed by atoms with Gasteiger partial charge in [0.25, 0.3) is 0 Å². The van der Waals surface area contributed by atoms with Gasteiger partial charge in [-0.25, -0.2) is 9.78 Å². The first-order chi connectivity index (χ1) is 7.61. The Balaban J connectivity index is 2.68. The molecular weight excluding hydrogens is 253 g/mol. The fraction of sp³-hybridized carbons (Fsp3) is 0. The largest absolute Gasteiger partial charge is 0.476 e. The van der Waals surface area contributed by atoms with Crippen molar-refractivity contribution in [1.29, 1.82) is 0 Å². The molecule has 0 atom stereocenters. The van der Waals surface area contributed by atoms with E-state index in [4.69, 9.17) is 32.7 Å². The lowest BCUT2D eigenvalue weighted by Crippen LogP contribution is -1.99. The van der Waals surface area contributed by atoms with Gasteiger partial charge in [0.2, 0.25) is 0 Å². The number of aromatic nitrogens is 1. The zero-order chi connectivity index (χ0) is 11.7. The lowest BCUT2D eigenvalue weighted by molar-refractivity contribution is 0.0691. The van der Waals surface area contributed by atoms with Crippen molar-refractivity contribution in [2.45, 2.75) is 0 Å². The van der Waals surface area contributed by atoms with Gasteiger partial charge in [0, 0.05) is 0 Å². The maximum absolute atomic E-state index is 10.9. The average Bonchev–Trinajstić information content (AvgIpc) is 2.66. The van der Waals surface area contributed by atoms with Crippen LogP contribution in [0.15, 0.2) is 29.0 Å². The Bertz CT molecular complexity index is 530. The highest BCUT2D eigenvalue weighted by Crippen LogP contribution is 2.36. The number of nitrogens with zero attached hydrogens (tertiary/aromatic N) is 1. The van der Waals surface area contributed by atoms with Crippen LogP contribution < -0.4 is 0 Å². The van der Waals surface area contributed by atoms with E-state index >= 15 is 0 Å². The lowest BCUT2D eigenvalue weighted by atomic mass is 10.1. The Morgan fingerprint density at radius 2 is 1.94 bits per heavy atom. The number of carboxylic acids is 1. The molecule has 2 aromatic rings. The number of aromatic carboxylic acids is 1. The highest BCUT2D eigenvalue weighted by Gasteiger charge is 2.21. The van der Waals surface area contributed by atoms with Crippen LogP contribution in [0.2, 0.25) is 10.0 Å². The molecule has 0 radical (unpaired) electrons. The summed E-state index contributed by atoms with van der Waals surface area (Å²) in [4.78, 5) is 14.5. The van der Waals surface area contributed by atoms with Crippen LogP contribution in [0.1, 0.15) is 10.5 Å². The third-order valence-electron chi connectivity index (χ3n) is 1.96.